The van der Waals surface area contributed by atoms with Gasteiger partial charge >= 0.3 is 0 Å². The number of nitrogens with two attached hydrogens (primary N) is 2. The van der Waals surface area contributed by atoms with Crippen LogP contribution in [0.5, 0.6) is 0 Å². The van der Waals surface area contributed by atoms with Gasteiger partial charge in [-0.3, -0.25) is 0 Å². The Morgan fingerprint density at radius 3 is 2.46 bits per heavy atom. The standard InChI is InChI=1S/C19H24ClN5.ClH/c1-11-4-3-5-14(16(11)20)15-8-23-18(24-17(15)21)25-9-12-6-19(2,22)7-13(12)10-25;/h3-5,8,12-13H,6-7,9-10,22H2,1-2H3,(H2,21,23,24);1H/t12-,13+,19-;. The van der Waals surface area contributed by atoms with Gasteiger partial charge in [0.25, 0.3) is 0 Å². The molecule has 140 valence electrons. The van der Waals surface area contributed by atoms with Crippen LogP contribution in [0.2, 0.25) is 5.02 Å². The number of fused-ring (bicyclic) bond motifs is 1. The molecule has 0 amide bonds. The molecule has 0 radical (unpaired) electrons. The van der Waals surface area contributed by atoms with Crippen molar-refractivity contribution in [3.8, 4) is 11.1 Å². The van der Waals surface area contributed by atoms with Crippen LogP contribution in [0.15, 0.2) is 24.4 Å². The molecule has 2 aliphatic rings. The lowest BCUT2D eigenvalue weighted by atomic mass is 10.00. The largest absolute Gasteiger partial charge is 0.383 e. The van der Waals surface area contributed by atoms with Gasteiger partial charge in [0.15, 0.2) is 0 Å². The molecule has 3 atom stereocenters. The van der Waals surface area contributed by atoms with E-state index >= 15 is 0 Å². The Morgan fingerprint density at radius 2 is 1.85 bits per heavy atom. The van der Waals surface area contributed by atoms with E-state index in [1.807, 2.05) is 25.1 Å². The van der Waals surface area contributed by atoms with Crippen LogP contribution in [-0.4, -0.2) is 28.6 Å². The van der Waals surface area contributed by atoms with Gasteiger partial charge in [-0.2, -0.15) is 4.98 Å². The molecular formula is C19H25Cl2N5. The summed E-state index contributed by atoms with van der Waals surface area (Å²) in [6.07, 6.45) is 3.93. The number of aryl methyl sites for hydroxylation is 1. The number of nitrogen functional groups attached to an aromatic ring is 1. The van der Waals surface area contributed by atoms with E-state index < -0.39 is 0 Å². The fourth-order valence-corrected chi connectivity index (χ4v) is 4.67. The molecule has 1 aromatic carbocycles. The molecular weight excluding hydrogens is 369 g/mol. The summed E-state index contributed by atoms with van der Waals surface area (Å²) in [6.45, 7) is 6.05. The van der Waals surface area contributed by atoms with Gasteiger partial charge in [-0.15, -0.1) is 12.4 Å². The molecule has 1 saturated heterocycles. The van der Waals surface area contributed by atoms with Crippen molar-refractivity contribution < 1.29 is 0 Å². The summed E-state index contributed by atoms with van der Waals surface area (Å²) in [4.78, 5) is 11.4. The first kappa shape index (κ1) is 19.2. The van der Waals surface area contributed by atoms with E-state index in [1.54, 1.807) is 6.20 Å². The third-order valence-corrected chi connectivity index (χ3v) is 6.11. The predicted molar refractivity (Wildman–Crippen MR) is 110 cm³/mol. The van der Waals surface area contributed by atoms with Gasteiger partial charge in [-0.05, 0) is 44.1 Å². The van der Waals surface area contributed by atoms with E-state index in [0.29, 0.717) is 28.6 Å². The van der Waals surface area contributed by atoms with Crippen molar-refractivity contribution in [1.82, 2.24) is 9.97 Å². The summed E-state index contributed by atoms with van der Waals surface area (Å²) in [7, 11) is 0. The molecule has 1 saturated carbocycles. The number of benzene rings is 1. The van der Waals surface area contributed by atoms with Crippen molar-refractivity contribution >= 4 is 35.8 Å². The summed E-state index contributed by atoms with van der Waals surface area (Å²) < 4.78 is 0. The van der Waals surface area contributed by atoms with E-state index in [1.165, 1.54) is 0 Å². The maximum atomic E-state index is 6.42. The van der Waals surface area contributed by atoms with Crippen molar-refractivity contribution in [2.75, 3.05) is 23.7 Å². The monoisotopic (exact) mass is 393 g/mol. The first-order valence-electron chi connectivity index (χ1n) is 8.76. The zero-order chi connectivity index (χ0) is 17.8. The van der Waals surface area contributed by atoms with Crippen molar-refractivity contribution in [2.24, 2.45) is 17.6 Å². The van der Waals surface area contributed by atoms with Crippen molar-refractivity contribution in [3.63, 3.8) is 0 Å². The van der Waals surface area contributed by atoms with E-state index in [-0.39, 0.29) is 17.9 Å². The van der Waals surface area contributed by atoms with Gasteiger partial charge in [0.2, 0.25) is 5.95 Å². The van der Waals surface area contributed by atoms with Gasteiger partial charge in [0, 0.05) is 36.0 Å². The van der Waals surface area contributed by atoms with E-state index in [0.717, 1.165) is 42.6 Å². The van der Waals surface area contributed by atoms with Crippen molar-refractivity contribution in [3.05, 3.63) is 35.0 Å². The van der Waals surface area contributed by atoms with Crippen molar-refractivity contribution in [2.45, 2.75) is 32.2 Å². The summed E-state index contributed by atoms with van der Waals surface area (Å²) in [5, 5.41) is 0.698. The molecule has 1 aliphatic carbocycles. The van der Waals surface area contributed by atoms with Gasteiger partial charge in [0.1, 0.15) is 5.82 Å². The van der Waals surface area contributed by atoms with Crippen LogP contribution in [-0.2, 0) is 0 Å². The number of hydrogen-bond acceptors (Lipinski definition) is 5. The summed E-state index contributed by atoms with van der Waals surface area (Å²) in [6, 6.07) is 5.90. The molecule has 4 rings (SSSR count). The number of nitrogens with zero attached hydrogens (tertiary/aromatic N) is 3. The topological polar surface area (TPSA) is 81.1 Å². The maximum absolute atomic E-state index is 6.42. The predicted octanol–water partition coefficient (Wildman–Crippen LogP) is 3.67. The van der Waals surface area contributed by atoms with Crippen LogP contribution in [0, 0.1) is 18.8 Å². The highest BCUT2D eigenvalue weighted by molar-refractivity contribution is 6.34. The average Bonchev–Trinajstić information content (AvgIpc) is 3.04. The zero-order valence-electron chi connectivity index (χ0n) is 15.1. The molecule has 2 heterocycles. The second kappa shape index (κ2) is 6.87. The van der Waals surface area contributed by atoms with Crippen LogP contribution in [0.25, 0.3) is 11.1 Å². The zero-order valence-corrected chi connectivity index (χ0v) is 16.6. The molecule has 1 aliphatic heterocycles. The van der Waals surface area contributed by atoms with E-state index in [9.17, 15) is 0 Å². The molecule has 5 nitrogen and oxygen atoms in total. The first-order valence-corrected chi connectivity index (χ1v) is 9.14. The fourth-order valence-electron chi connectivity index (χ4n) is 4.45. The molecule has 2 fully saturated rings. The van der Waals surface area contributed by atoms with Crippen molar-refractivity contribution in [1.29, 1.82) is 0 Å². The minimum absolute atomic E-state index is 0. The molecule has 0 bridgehead atoms. The van der Waals surface area contributed by atoms with Crippen LogP contribution in [0.1, 0.15) is 25.3 Å². The Balaban J connectivity index is 0.00000196. The van der Waals surface area contributed by atoms with Crippen LogP contribution in [0.3, 0.4) is 0 Å². The number of hydrogen-bond donors (Lipinski definition) is 2. The Labute approximate surface area is 165 Å². The molecule has 7 heteroatoms. The lowest BCUT2D eigenvalue weighted by molar-refractivity contribution is 0.449. The third-order valence-electron chi connectivity index (χ3n) is 5.60. The molecule has 2 aromatic rings. The lowest BCUT2D eigenvalue weighted by Gasteiger charge is -2.23. The maximum Gasteiger partial charge on any atom is 0.227 e. The number of anilines is 2. The molecule has 0 unspecified atom stereocenters. The van der Waals surface area contributed by atoms with Crippen LogP contribution < -0.4 is 16.4 Å². The molecule has 26 heavy (non-hydrogen) atoms. The Bertz CT molecular complexity index is 808. The normalized spacial score (nSPS) is 27.3. The second-order valence-corrected chi connectivity index (χ2v) is 8.27. The highest BCUT2D eigenvalue weighted by atomic mass is 35.5. The highest BCUT2D eigenvalue weighted by Crippen LogP contribution is 2.43. The molecule has 4 N–H and O–H groups in total. The minimum atomic E-state index is -0.0207. The Hall–Kier alpha value is -1.56. The summed E-state index contributed by atoms with van der Waals surface area (Å²) >= 11 is 6.42. The SMILES string of the molecule is Cc1cccc(-c2cnc(N3C[C@@H]4C[C@](C)(N)C[C@@H]4C3)nc2N)c1Cl.Cl. The quantitative estimate of drug-likeness (QED) is 0.812. The van der Waals surface area contributed by atoms with Gasteiger partial charge < -0.3 is 16.4 Å². The fraction of sp³-hybridized carbons (Fsp3) is 0.474. The smallest absolute Gasteiger partial charge is 0.227 e. The van der Waals surface area contributed by atoms with Crippen LogP contribution >= 0.6 is 24.0 Å². The van der Waals surface area contributed by atoms with Gasteiger partial charge in [-0.1, -0.05) is 29.8 Å². The van der Waals surface area contributed by atoms with E-state index in [2.05, 4.69) is 21.8 Å². The third kappa shape index (κ3) is 3.36. The van der Waals surface area contributed by atoms with Crippen LogP contribution in [0.4, 0.5) is 11.8 Å². The highest BCUT2D eigenvalue weighted by Gasteiger charge is 2.45. The summed E-state index contributed by atoms with van der Waals surface area (Å²) in [5.74, 6) is 2.44. The number of aromatic nitrogens is 2. The Kier molecular flexibility index (Phi) is 5.08. The number of rotatable bonds is 2. The lowest BCUT2D eigenvalue weighted by Crippen LogP contribution is -2.35. The van der Waals surface area contributed by atoms with Gasteiger partial charge in [0.05, 0.1) is 5.02 Å². The minimum Gasteiger partial charge on any atom is -0.383 e. The second-order valence-electron chi connectivity index (χ2n) is 7.89. The molecule has 1 aromatic heterocycles. The van der Waals surface area contributed by atoms with E-state index in [4.69, 9.17) is 23.1 Å². The Morgan fingerprint density at radius 1 is 1.19 bits per heavy atom. The first-order chi connectivity index (χ1) is 11.8. The molecule has 0 spiro atoms. The van der Waals surface area contributed by atoms with Gasteiger partial charge in [-0.25, -0.2) is 4.98 Å². The summed E-state index contributed by atoms with van der Waals surface area (Å²) in [5.41, 5.74) is 15.2. The number of halogens is 2. The average molecular weight is 394 g/mol.